The third kappa shape index (κ3) is 4.79. The molecule has 1 heterocycles. The molecule has 0 unspecified atom stereocenters. The molecule has 2 aromatic carbocycles. The molecule has 3 rings (SSSR count). The van der Waals surface area contributed by atoms with Gasteiger partial charge in [-0.3, -0.25) is 9.69 Å². The Morgan fingerprint density at radius 2 is 1.57 bits per heavy atom. The Bertz CT molecular complexity index is 870. The molecule has 3 atom stereocenters. The highest BCUT2D eigenvalue weighted by Gasteiger charge is 2.50. The van der Waals surface area contributed by atoms with Crippen molar-refractivity contribution in [2.45, 2.75) is 25.0 Å². The lowest BCUT2D eigenvalue weighted by atomic mass is 9.83. The molecule has 7 heteroatoms. The first-order valence-electron chi connectivity index (χ1n) is 9.72. The Labute approximate surface area is 175 Å². The van der Waals surface area contributed by atoms with Crippen LogP contribution in [0.1, 0.15) is 23.5 Å². The SMILES string of the molecule is COC(=O)C[C@@H]1[C@@H](C(=O)OC)N(C(=O)OCc2ccccc2)C[C@H]1c1ccccc1. The normalized spacial score (nSPS) is 20.5. The number of esters is 2. The molecular weight excluding hydrogens is 386 g/mol. The molecule has 0 saturated carbocycles. The predicted octanol–water partition coefficient (Wildman–Crippen LogP) is 3.14. The van der Waals surface area contributed by atoms with Gasteiger partial charge in [-0.15, -0.1) is 0 Å². The van der Waals surface area contributed by atoms with E-state index in [-0.39, 0.29) is 25.5 Å². The first-order chi connectivity index (χ1) is 14.5. The average molecular weight is 411 g/mol. The zero-order valence-corrected chi connectivity index (χ0v) is 17.0. The summed E-state index contributed by atoms with van der Waals surface area (Å²) in [5.41, 5.74) is 1.77. The summed E-state index contributed by atoms with van der Waals surface area (Å²) in [5.74, 6) is -1.76. The van der Waals surface area contributed by atoms with Gasteiger partial charge in [-0.2, -0.15) is 0 Å². The van der Waals surface area contributed by atoms with Crippen molar-refractivity contribution in [3.8, 4) is 0 Å². The molecule has 0 bridgehead atoms. The molecular formula is C23H25NO6. The van der Waals surface area contributed by atoms with Crippen molar-refractivity contribution in [1.82, 2.24) is 4.90 Å². The van der Waals surface area contributed by atoms with Crippen LogP contribution in [0.25, 0.3) is 0 Å². The van der Waals surface area contributed by atoms with Gasteiger partial charge in [0, 0.05) is 18.4 Å². The van der Waals surface area contributed by atoms with Gasteiger partial charge in [0.1, 0.15) is 12.6 Å². The number of carbonyl (C=O) groups excluding carboxylic acids is 3. The van der Waals surface area contributed by atoms with Gasteiger partial charge < -0.3 is 14.2 Å². The van der Waals surface area contributed by atoms with Gasteiger partial charge in [-0.25, -0.2) is 9.59 Å². The molecule has 0 aromatic heterocycles. The molecule has 1 aliphatic heterocycles. The van der Waals surface area contributed by atoms with Crippen LogP contribution < -0.4 is 0 Å². The summed E-state index contributed by atoms with van der Waals surface area (Å²) in [5, 5.41) is 0. The van der Waals surface area contributed by atoms with E-state index in [9.17, 15) is 14.4 Å². The second kappa shape index (κ2) is 9.91. The number of ether oxygens (including phenoxy) is 3. The zero-order chi connectivity index (χ0) is 21.5. The van der Waals surface area contributed by atoms with Crippen LogP contribution in [0.4, 0.5) is 4.79 Å². The van der Waals surface area contributed by atoms with Gasteiger partial charge in [-0.05, 0) is 11.1 Å². The van der Waals surface area contributed by atoms with Gasteiger partial charge >= 0.3 is 18.0 Å². The van der Waals surface area contributed by atoms with Gasteiger partial charge in [0.2, 0.25) is 0 Å². The molecule has 1 saturated heterocycles. The summed E-state index contributed by atoms with van der Waals surface area (Å²) >= 11 is 0. The minimum atomic E-state index is -0.942. The maximum atomic E-state index is 12.9. The van der Waals surface area contributed by atoms with Crippen molar-refractivity contribution in [2.24, 2.45) is 5.92 Å². The van der Waals surface area contributed by atoms with E-state index in [0.717, 1.165) is 11.1 Å². The highest BCUT2D eigenvalue weighted by molar-refractivity contribution is 5.84. The minimum absolute atomic E-state index is 0.0156. The van der Waals surface area contributed by atoms with Crippen molar-refractivity contribution in [1.29, 1.82) is 0 Å². The van der Waals surface area contributed by atoms with Gasteiger partial charge in [0.25, 0.3) is 0 Å². The summed E-state index contributed by atoms with van der Waals surface area (Å²) in [6, 6.07) is 17.8. The lowest BCUT2D eigenvalue weighted by Gasteiger charge is -2.25. The van der Waals surface area contributed by atoms with E-state index in [1.165, 1.54) is 19.1 Å². The maximum Gasteiger partial charge on any atom is 0.410 e. The summed E-state index contributed by atoms with van der Waals surface area (Å²) in [4.78, 5) is 39.0. The van der Waals surface area contributed by atoms with E-state index in [2.05, 4.69) is 0 Å². The average Bonchev–Trinajstić information content (AvgIpc) is 3.17. The smallest absolute Gasteiger partial charge is 0.410 e. The van der Waals surface area contributed by atoms with E-state index in [4.69, 9.17) is 14.2 Å². The molecule has 1 fully saturated rings. The fraction of sp³-hybridized carbons (Fsp3) is 0.348. The fourth-order valence-corrected chi connectivity index (χ4v) is 3.91. The highest BCUT2D eigenvalue weighted by atomic mass is 16.6. The monoisotopic (exact) mass is 411 g/mol. The first kappa shape index (κ1) is 21.4. The number of nitrogens with zero attached hydrogens (tertiary/aromatic N) is 1. The largest absolute Gasteiger partial charge is 0.469 e. The second-order valence-corrected chi connectivity index (χ2v) is 7.12. The number of methoxy groups -OCH3 is 2. The van der Waals surface area contributed by atoms with E-state index in [1.807, 2.05) is 60.7 Å². The van der Waals surface area contributed by atoms with Crippen LogP contribution in [-0.4, -0.2) is 49.7 Å². The third-order valence-electron chi connectivity index (χ3n) is 5.39. The van der Waals surface area contributed by atoms with Crippen LogP contribution in [0.15, 0.2) is 60.7 Å². The number of likely N-dealkylation sites (tertiary alicyclic amines) is 1. The number of rotatable bonds is 6. The Kier molecular flexibility index (Phi) is 7.06. The molecule has 0 radical (unpaired) electrons. The topological polar surface area (TPSA) is 82.1 Å². The van der Waals surface area contributed by atoms with Crippen molar-refractivity contribution in [2.75, 3.05) is 20.8 Å². The van der Waals surface area contributed by atoms with Crippen molar-refractivity contribution in [3.05, 3.63) is 71.8 Å². The van der Waals surface area contributed by atoms with Crippen LogP contribution in [0, 0.1) is 5.92 Å². The van der Waals surface area contributed by atoms with Gasteiger partial charge in [0.15, 0.2) is 0 Å². The van der Waals surface area contributed by atoms with Crippen LogP contribution in [-0.2, 0) is 30.4 Å². The molecule has 158 valence electrons. The fourth-order valence-electron chi connectivity index (χ4n) is 3.91. The molecule has 2 aromatic rings. The molecule has 0 spiro atoms. The Hall–Kier alpha value is -3.35. The van der Waals surface area contributed by atoms with E-state index >= 15 is 0 Å². The second-order valence-electron chi connectivity index (χ2n) is 7.12. The van der Waals surface area contributed by atoms with E-state index < -0.39 is 30.0 Å². The van der Waals surface area contributed by atoms with Crippen LogP contribution >= 0.6 is 0 Å². The Morgan fingerprint density at radius 1 is 0.933 bits per heavy atom. The zero-order valence-electron chi connectivity index (χ0n) is 17.0. The molecule has 7 nitrogen and oxygen atoms in total. The van der Waals surface area contributed by atoms with Crippen LogP contribution in [0.3, 0.4) is 0 Å². The summed E-state index contributed by atoms with van der Waals surface area (Å²) in [6.45, 7) is 0.320. The number of carbonyl (C=O) groups is 3. The highest BCUT2D eigenvalue weighted by Crippen LogP contribution is 2.40. The molecule has 1 amide bonds. The number of hydrogen-bond acceptors (Lipinski definition) is 6. The Balaban J connectivity index is 1.87. The summed E-state index contributed by atoms with van der Waals surface area (Å²) < 4.78 is 15.3. The lowest BCUT2D eigenvalue weighted by molar-refractivity contribution is -0.148. The van der Waals surface area contributed by atoms with Crippen LogP contribution in [0.2, 0.25) is 0 Å². The van der Waals surface area contributed by atoms with Crippen LogP contribution in [0.5, 0.6) is 0 Å². The molecule has 1 aliphatic rings. The van der Waals surface area contributed by atoms with E-state index in [1.54, 1.807) is 0 Å². The first-order valence-corrected chi connectivity index (χ1v) is 9.72. The summed E-state index contributed by atoms with van der Waals surface area (Å²) in [7, 11) is 2.56. The van der Waals surface area contributed by atoms with Gasteiger partial charge in [-0.1, -0.05) is 60.7 Å². The predicted molar refractivity (Wildman–Crippen MR) is 108 cm³/mol. The van der Waals surface area contributed by atoms with E-state index in [0.29, 0.717) is 0 Å². The lowest BCUT2D eigenvalue weighted by Crippen LogP contribution is -2.44. The van der Waals surface area contributed by atoms with Crippen molar-refractivity contribution < 1.29 is 28.6 Å². The standard InChI is InChI=1S/C23H25NO6/c1-28-20(25)13-18-19(17-11-7-4-8-12-17)14-24(21(18)22(26)29-2)23(27)30-15-16-9-5-3-6-10-16/h3-12,18-19,21H,13-15H2,1-2H3/t18-,19-,21-/m0/s1. The molecule has 0 aliphatic carbocycles. The van der Waals surface area contributed by atoms with Crippen molar-refractivity contribution in [3.63, 3.8) is 0 Å². The number of amides is 1. The van der Waals surface area contributed by atoms with Crippen molar-refractivity contribution >= 4 is 18.0 Å². The quantitative estimate of drug-likeness (QED) is 0.537. The Morgan fingerprint density at radius 3 is 2.17 bits per heavy atom. The summed E-state index contributed by atoms with van der Waals surface area (Å²) in [6.07, 6.45) is -0.638. The number of benzene rings is 2. The van der Waals surface area contributed by atoms with Gasteiger partial charge in [0.05, 0.1) is 20.6 Å². The molecule has 30 heavy (non-hydrogen) atoms. The minimum Gasteiger partial charge on any atom is -0.469 e. The third-order valence-corrected chi connectivity index (χ3v) is 5.39. The maximum absolute atomic E-state index is 12.9. The number of hydrogen-bond donors (Lipinski definition) is 0. The molecule has 0 N–H and O–H groups in total.